The van der Waals surface area contributed by atoms with Crippen molar-refractivity contribution < 1.29 is 9.53 Å². The van der Waals surface area contributed by atoms with E-state index < -0.39 is 0 Å². The standard InChI is InChI=1S/C13H23N5O2/c1-10-16-11(13(19)15-6-8-20-4)9-12(17-10)14-5-7-18(2)3/h9H,5-8H2,1-4H3,(H,15,19)(H,14,16,17). The van der Waals surface area contributed by atoms with E-state index in [1.165, 1.54) is 0 Å². The minimum absolute atomic E-state index is 0.219. The lowest BCUT2D eigenvalue weighted by Crippen LogP contribution is -2.28. The van der Waals surface area contributed by atoms with Gasteiger partial charge in [0.05, 0.1) is 6.61 Å². The first-order valence-corrected chi connectivity index (χ1v) is 6.54. The Hall–Kier alpha value is -1.73. The Morgan fingerprint density at radius 3 is 2.75 bits per heavy atom. The predicted octanol–water partition coefficient (Wildman–Crippen LogP) is 0.135. The lowest BCUT2D eigenvalue weighted by molar-refractivity contribution is 0.0932. The van der Waals surface area contributed by atoms with Gasteiger partial charge in [-0.05, 0) is 21.0 Å². The van der Waals surface area contributed by atoms with Gasteiger partial charge in [-0.3, -0.25) is 4.79 Å². The summed E-state index contributed by atoms with van der Waals surface area (Å²) < 4.78 is 4.89. The SMILES string of the molecule is COCCNC(=O)c1cc(NCCN(C)C)nc(C)n1. The van der Waals surface area contributed by atoms with Crippen LogP contribution in [0.25, 0.3) is 0 Å². The second-order valence-corrected chi connectivity index (χ2v) is 4.66. The molecule has 7 nitrogen and oxygen atoms in total. The molecule has 0 saturated heterocycles. The molecule has 1 rings (SSSR count). The molecule has 1 aromatic rings. The Morgan fingerprint density at radius 1 is 1.35 bits per heavy atom. The van der Waals surface area contributed by atoms with E-state index in [1.807, 2.05) is 14.1 Å². The van der Waals surface area contributed by atoms with Crippen molar-refractivity contribution in [1.29, 1.82) is 0 Å². The van der Waals surface area contributed by atoms with Crippen molar-refractivity contribution >= 4 is 11.7 Å². The number of likely N-dealkylation sites (N-methyl/N-ethyl adjacent to an activating group) is 1. The number of ether oxygens (including phenoxy) is 1. The van der Waals surface area contributed by atoms with Crippen molar-refractivity contribution in [2.24, 2.45) is 0 Å². The van der Waals surface area contributed by atoms with Gasteiger partial charge >= 0.3 is 0 Å². The van der Waals surface area contributed by atoms with Crippen LogP contribution < -0.4 is 10.6 Å². The lowest BCUT2D eigenvalue weighted by atomic mass is 10.3. The summed E-state index contributed by atoms with van der Waals surface area (Å²) in [4.78, 5) is 22.4. The molecule has 0 aromatic carbocycles. The number of hydrogen-bond acceptors (Lipinski definition) is 6. The van der Waals surface area contributed by atoms with E-state index in [0.717, 1.165) is 13.1 Å². The van der Waals surface area contributed by atoms with E-state index in [9.17, 15) is 4.79 Å². The van der Waals surface area contributed by atoms with Crippen molar-refractivity contribution in [3.05, 3.63) is 17.6 Å². The average molecular weight is 281 g/mol. The Bertz CT molecular complexity index is 437. The van der Waals surface area contributed by atoms with Crippen LogP contribution in [-0.2, 0) is 4.74 Å². The van der Waals surface area contributed by atoms with Crippen LogP contribution in [-0.4, -0.2) is 68.2 Å². The van der Waals surface area contributed by atoms with Crippen molar-refractivity contribution in [3.63, 3.8) is 0 Å². The van der Waals surface area contributed by atoms with E-state index in [-0.39, 0.29) is 5.91 Å². The minimum atomic E-state index is -0.219. The van der Waals surface area contributed by atoms with Crippen LogP contribution in [0.15, 0.2) is 6.07 Å². The van der Waals surface area contributed by atoms with E-state index >= 15 is 0 Å². The van der Waals surface area contributed by atoms with E-state index in [2.05, 4.69) is 25.5 Å². The Morgan fingerprint density at radius 2 is 2.10 bits per heavy atom. The molecule has 1 aromatic heterocycles. The van der Waals surface area contributed by atoms with Crippen LogP contribution in [0.1, 0.15) is 16.3 Å². The molecule has 0 spiro atoms. The molecule has 0 aliphatic rings. The zero-order valence-electron chi connectivity index (χ0n) is 12.6. The number of nitrogens with zero attached hydrogens (tertiary/aromatic N) is 3. The van der Waals surface area contributed by atoms with Crippen LogP contribution in [0, 0.1) is 6.92 Å². The average Bonchev–Trinajstić information content (AvgIpc) is 2.37. The number of nitrogens with one attached hydrogen (secondary N) is 2. The molecule has 0 aliphatic carbocycles. The number of aryl methyl sites for hydroxylation is 1. The predicted molar refractivity (Wildman–Crippen MR) is 78.0 cm³/mol. The first-order chi connectivity index (χ1) is 9.52. The van der Waals surface area contributed by atoms with Gasteiger partial charge in [-0.25, -0.2) is 9.97 Å². The van der Waals surface area contributed by atoms with E-state index in [4.69, 9.17) is 4.74 Å². The summed E-state index contributed by atoms with van der Waals surface area (Å²) in [6.07, 6.45) is 0. The molecule has 1 heterocycles. The van der Waals surface area contributed by atoms with Crippen LogP contribution in [0.4, 0.5) is 5.82 Å². The smallest absolute Gasteiger partial charge is 0.270 e. The topological polar surface area (TPSA) is 79.4 Å². The summed E-state index contributed by atoms with van der Waals surface area (Å²) in [5, 5.41) is 5.92. The summed E-state index contributed by atoms with van der Waals surface area (Å²) in [5.74, 6) is 1.01. The number of carbonyl (C=O) groups is 1. The molecule has 0 unspecified atom stereocenters. The molecular formula is C13H23N5O2. The molecule has 1 amide bonds. The van der Waals surface area contributed by atoms with Crippen molar-refractivity contribution in [1.82, 2.24) is 20.2 Å². The fourth-order valence-electron chi connectivity index (χ4n) is 1.54. The Labute approximate surface area is 119 Å². The zero-order chi connectivity index (χ0) is 15.0. The fourth-order valence-corrected chi connectivity index (χ4v) is 1.54. The highest BCUT2D eigenvalue weighted by Crippen LogP contribution is 2.06. The normalized spacial score (nSPS) is 10.7. The fraction of sp³-hybridized carbons (Fsp3) is 0.615. The Kier molecular flexibility index (Phi) is 6.89. The molecule has 0 atom stereocenters. The van der Waals surface area contributed by atoms with Crippen molar-refractivity contribution in [2.75, 3.05) is 52.8 Å². The van der Waals surface area contributed by atoms with Gasteiger partial charge in [0, 0.05) is 32.8 Å². The van der Waals surface area contributed by atoms with Crippen LogP contribution in [0.5, 0.6) is 0 Å². The highest BCUT2D eigenvalue weighted by Gasteiger charge is 2.09. The van der Waals surface area contributed by atoms with Gasteiger partial charge in [0.1, 0.15) is 17.3 Å². The molecule has 0 radical (unpaired) electrons. The highest BCUT2D eigenvalue weighted by atomic mass is 16.5. The first-order valence-electron chi connectivity index (χ1n) is 6.54. The quantitative estimate of drug-likeness (QED) is 0.660. The number of anilines is 1. The number of rotatable bonds is 8. The maximum Gasteiger partial charge on any atom is 0.270 e. The zero-order valence-corrected chi connectivity index (χ0v) is 12.6. The lowest BCUT2D eigenvalue weighted by Gasteiger charge is -2.12. The number of methoxy groups -OCH3 is 1. The van der Waals surface area contributed by atoms with E-state index in [1.54, 1.807) is 20.1 Å². The first kappa shape index (κ1) is 16.3. The maximum absolute atomic E-state index is 11.9. The molecule has 2 N–H and O–H groups in total. The van der Waals surface area contributed by atoms with Gasteiger partial charge in [0.2, 0.25) is 0 Å². The van der Waals surface area contributed by atoms with Crippen LogP contribution >= 0.6 is 0 Å². The molecule has 0 fully saturated rings. The number of hydrogen-bond donors (Lipinski definition) is 2. The van der Waals surface area contributed by atoms with Gasteiger partial charge < -0.3 is 20.3 Å². The summed E-state index contributed by atoms with van der Waals surface area (Å²) in [6, 6.07) is 1.66. The van der Waals surface area contributed by atoms with Gasteiger partial charge in [-0.1, -0.05) is 0 Å². The van der Waals surface area contributed by atoms with E-state index in [0.29, 0.717) is 30.5 Å². The second-order valence-electron chi connectivity index (χ2n) is 4.66. The summed E-state index contributed by atoms with van der Waals surface area (Å²) in [6.45, 7) is 4.35. The number of amides is 1. The van der Waals surface area contributed by atoms with Gasteiger partial charge in [0.25, 0.3) is 5.91 Å². The number of carbonyl (C=O) groups excluding carboxylic acids is 1. The summed E-state index contributed by atoms with van der Waals surface area (Å²) >= 11 is 0. The maximum atomic E-state index is 11.9. The second kappa shape index (κ2) is 8.44. The van der Waals surface area contributed by atoms with Crippen molar-refractivity contribution in [3.8, 4) is 0 Å². The van der Waals surface area contributed by atoms with Crippen molar-refractivity contribution in [2.45, 2.75) is 6.92 Å². The Balaban J connectivity index is 2.63. The molecule has 0 saturated carbocycles. The third kappa shape index (κ3) is 5.94. The van der Waals surface area contributed by atoms with Gasteiger partial charge in [-0.15, -0.1) is 0 Å². The molecule has 0 bridgehead atoms. The monoisotopic (exact) mass is 281 g/mol. The number of aromatic nitrogens is 2. The van der Waals surface area contributed by atoms with Crippen LogP contribution in [0.3, 0.4) is 0 Å². The molecule has 20 heavy (non-hydrogen) atoms. The summed E-state index contributed by atoms with van der Waals surface area (Å²) in [5.41, 5.74) is 0.362. The van der Waals surface area contributed by atoms with Crippen LogP contribution in [0.2, 0.25) is 0 Å². The van der Waals surface area contributed by atoms with Gasteiger partial charge in [-0.2, -0.15) is 0 Å². The third-order valence-corrected chi connectivity index (χ3v) is 2.53. The highest BCUT2D eigenvalue weighted by molar-refractivity contribution is 5.92. The molecule has 112 valence electrons. The largest absolute Gasteiger partial charge is 0.383 e. The molecular weight excluding hydrogens is 258 g/mol. The minimum Gasteiger partial charge on any atom is -0.383 e. The van der Waals surface area contributed by atoms with Gasteiger partial charge in [0.15, 0.2) is 0 Å². The third-order valence-electron chi connectivity index (χ3n) is 2.53. The molecule has 0 aliphatic heterocycles. The summed E-state index contributed by atoms with van der Waals surface area (Å²) in [7, 11) is 5.59. The molecule has 7 heteroatoms.